The van der Waals surface area contributed by atoms with Crippen LogP contribution in [0.1, 0.15) is 74.9 Å². The number of anilines is 6. The summed E-state index contributed by atoms with van der Waals surface area (Å²) in [6, 6.07) is 63.9. The van der Waals surface area contributed by atoms with Crippen molar-refractivity contribution < 1.29 is 9.47 Å². The van der Waals surface area contributed by atoms with Gasteiger partial charge >= 0.3 is 0 Å². The van der Waals surface area contributed by atoms with Gasteiger partial charge in [-0.15, -0.1) is 0 Å². The van der Waals surface area contributed by atoms with Crippen LogP contribution in [0.15, 0.2) is 170 Å². The van der Waals surface area contributed by atoms with E-state index >= 15 is 0 Å². The lowest BCUT2D eigenvalue weighted by molar-refractivity contribution is 0.477. The molecular formula is C66H58B2N2O2. The van der Waals surface area contributed by atoms with Gasteiger partial charge < -0.3 is 19.3 Å². The van der Waals surface area contributed by atoms with Gasteiger partial charge in [0.2, 0.25) is 0 Å². The van der Waals surface area contributed by atoms with Crippen molar-refractivity contribution in [2.24, 2.45) is 0 Å². The van der Waals surface area contributed by atoms with E-state index in [1.807, 2.05) is 0 Å². The van der Waals surface area contributed by atoms with E-state index in [1.54, 1.807) is 0 Å². The second-order valence-electron chi connectivity index (χ2n) is 22.9. The number of rotatable bonds is 4. The zero-order valence-electron chi connectivity index (χ0n) is 43.0. The van der Waals surface area contributed by atoms with Crippen LogP contribution < -0.4 is 52.1 Å². The van der Waals surface area contributed by atoms with Gasteiger partial charge in [0.15, 0.2) is 0 Å². The van der Waals surface area contributed by atoms with E-state index in [0.29, 0.717) is 0 Å². The molecular weight excluding hydrogens is 874 g/mol. The molecule has 9 aromatic carbocycles. The Kier molecular flexibility index (Phi) is 9.78. The van der Waals surface area contributed by atoms with Gasteiger partial charge in [0.1, 0.15) is 23.0 Å². The van der Waals surface area contributed by atoms with Gasteiger partial charge in [0.25, 0.3) is 13.4 Å². The van der Waals surface area contributed by atoms with Gasteiger partial charge in [-0.25, -0.2) is 0 Å². The summed E-state index contributed by atoms with van der Waals surface area (Å²) in [7, 11) is 0. The highest BCUT2D eigenvalue weighted by molar-refractivity contribution is 7.02. The first-order chi connectivity index (χ1) is 34.6. The highest BCUT2D eigenvalue weighted by atomic mass is 16.5. The van der Waals surface area contributed by atoms with Gasteiger partial charge in [-0.3, -0.25) is 0 Å². The minimum absolute atomic E-state index is 0.0573. The van der Waals surface area contributed by atoms with Gasteiger partial charge in [0.05, 0.1) is 11.4 Å². The first kappa shape index (κ1) is 44.3. The summed E-state index contributed by atoms with van der Waals surface area (Å²) in [5.74, 6) is 3.48. The summed E-state index contributed by atoms with van der Waals surface area (Å²) in [5, 5.41) is 0. The molecule has 0 saturated carbocycles. The van der Waals surface area contributed by atoms with E-state index in [4.69, 9.17) is 9.47 Å². The normalized spacial score (nSPS) is 13.8. The number of hydrogen-bond donors (Lipinski definition) is 0. The predicted molar refractivity (Wildman–Crippen MR) is 305 cm³/mol. The molecule has 4 aliphatic rings. The van der Waals surface area contributed by atoms with Gasteiger partial charge in [0, 0.05) is 33.7 Å². The number of ether oxygens (including phenoxy) is 2. The minimum Gasteiger partial charge on any atom is -0.456 e. The van der Waals surface area contributed by atoms with Crippen LogP contribution in [0.25, 0.3) is 22.3 Å². The summed E-state index contributed by atoms with van der Waals surface area (Å²) in [5.41, 5.74) is 25.6. The topological polar surface area (TPSA) is 24.9 Å². The third-order valence-corrected chi connectivity index (χ3v) is 15.8. The smallest absolute Gasteiger partial charge is 0.256 e. The molecule has 72 heavy (non-hydrogen) atoms. The fourth-order valence-electron chi connectivity index (χ4n) is 11.9. The summed E-state index contributed by atoms with van der Waals surface area (Å²) < 4.78 is 15.5. The largest absolute Gasteiger partial charge is 0.456 e. The fourth-order valence-corrected chi connectivity index (χ4v) is 11.9. The van der Waals surface area contributed by atoms with E-state index in [0.717, 1.165) is 90.1 Å². The Bertz CT molecular complexity index is 3450. The van der Waals surface area contributed by atoms with Crippen molar-refractivity contribution in [2.75, 3.05) is 9.80 Å². The quantitative estimate of drug-likeness (QED) is 0.164. The maximum atomic E-state index is 7.77. The maximum Gasteiger partial charge on any atom is 0.256 e. The standard InChI is InChI=1S/C66H58B2N2O2/c1-39-11-27-49(28-12-39)69-55-33-15-41(3)35-53(55)67-51-31-21-46(44-19-25-48(26-20-44)66(8,9)10)38-58(51)72-64-59(67)61(69)63-60-62(64)70(50-29-13-40(2)14-30-50)56-34-16-42(4)36-54(56)68(60)52-32-22-45(37-57(52)71-63)43-17-23-47(24-18-43)65(5,6)7/h11-38H,1-10H3. The first-order valence-electron chi connectivity index (χ1n) is 25.6. The van der Waals surface area contributed by atoms with Crippen molar-refractivity contribution in [3.63, 3.8) is 0 Å². The Balaban J connectivity index is 1.13. The molecule has 0 fully saturated rings. The second kappa shape index (κ2) is 15.9. The Hall–Kier alpha value is -7.69. The van der Waals surface area contributed by atoms with Crippen molar-refractivity contribution in [1.82, 2.24) is 0 Å². The third kappa shape index (κ3) is 6.89. The van der Waals surface area contributed by atoms with Crippen LogP contribution in [0.5, 0.6) is 23.0 Å². The molecule has 0 aromatic heterocycles. The third-order valence-electron chi connectivity index (χ3n) is 15.8. The lowest BCUT2D eigenvalue weighted by Crippen LogP contribution is -2.64. The zero-order chi connectivity index (χ0) is 49.5. The Labute approximate surface area is 426 Å². The number of hydrogen-bond acceptors (Lipinski definition) is 4. The summed E-state index contributed by atoms with van der Waals surface area (Å²) in [6.07, 6.45) is 0. The Morgan fingerprint density at radius 3 is 1.06 bits per heavy atom. The van der Waals surface area contributed by atoms with Gasteiger partial charge in [-0.05, 0) is 142 Å². The Morgan fingerprint density at radius 2 is 0.694 bits per heavy atom. The zero-order valence-corrected chi connectivity index (χ0v) is 43.0. The molecule has 0 bridgehead atoms. The molecule has 0 amide bonds. The summed E-state index contributed by atoms with van der Waals surface area (Å²) in [6.45, 7) is 22.0. The SMILES string of the molecule is Cc1ccc(N2c3ccc(C)cc3B3c4ccc(-c5ccc(C(C)(C)C)cc5)cc4Oc4c3c2c2c3c4N(c4ccc(C)cc4)c4ccc(C)cc4B3c3ccc(-c4ccc(C(C)(C)C)cc4)cc3O2)cc1. The number of fused-ring (bicyclic) bond motifs is 10. The van der Waals surface area contributed by atoms with E-state index in [9.17, 15) is 0 Å². The van der Waals surface area contributed by atoms with Gasteiger partial charge in [-0.2, -0.15) is 0 Å². The lowest BCUT2D eigenvalue weighted by Gasteiger charge is -2.47. The van der Waals surface area contributed by atoms with E-state index in [1.165, 1.54) is 55.4 Å². The molecule has 0 saturated heterocycles. The van der Waals surface area contributed by atoms with Crippen molar-refractivity contribution >= 4 is 80.3 Å². The molecule has 0 N–H and O–H groups in total. The summed E-state index contributed by atoms with van der Waals surface area (Å²) in [4.78, 5) is 4.94. The van der Waals surface area contributed by atoms with Crippen LogP contribution in [0, 0.1) is 27.7 Å². The van der Waals surface area contributed by atoms with E-state index in [-0.39, 0.29) is 24.3 Å². The molecule has 0 aliphatic carbocycles. The van der Waals surface area contributed by atoms with Crippen LogP contribution in [-0.4, -0.2) is 13.4 Å². The molecule has 0 atom stereocenters. The van der Waals surface area contributed by atoms with Crippen molar-refractivity contribution in [1.29, 1.82) is 0 Å². The highest BCUT2D eigenvalue weighted by Gasteiger charge is 2.52. The lowest BCUT2D eigenvalue weighted by atomic mass is 9.31. The molecule has 9 aromatic rings. The van der Waals surface area contributed by atoms with E-state index < -0.39 is 0 Å². The molecule has 4 heterocycles. The van der Waals surface area contributed by atoms with Gasteiger partial charge in [-0.1, -0.05) is 185 Å². The summed E-state index contributed by atoms with van der Waals surface area (Å²) >= 11 is 0. The van der Waals surface area contributed by atoms with Crippen LogP contribution in [-0.2, 0) is 10.8 Å². The van der Waals surface area contributed by atoms with Crippen molar-refractivity contribution in [3.05, 3.63) is 203 Å². The fraction of sp³-hybridized carbons (Fsp3) is 0.182. The number of aryl methyl sites for hydroxylation is 4. The van der Waals surface area contributed by atoms with E-state index in [2.05, 4.69) is 249 Å². The molecule has 350 valence electrons. The molecule has 0 radical (unpaired) electrons. The molecule has 6 heteroatoms. The predicted octanol–water partition coefficient (Wildman–Crippen LogP) is 13.7. The average molecular weight is 933 g/mol. The average Bonchev–Trinajstić information content (AvgIpc) is 3.37. The van der Waals surface area contributed by atoms with Crippen LogP contribution >= 0.6 is 0 Å². The second-order valence-corrected chi connectivity index (χ2v) is 22.9. The molecule has 13 rings (SSSR count). The maximum absolute atomic E-state index is 7.77. The monoisotopic (exact) mass is 932 g/mol. The molecule has 4 aliphatic heterocycles. The van der Waals surface area contributed by atoms with Crippen LogP contribution in [0.2, 0.25) is 0 Å². The highest BCUT2D eigenvalue weighted by Crippen LogP contribution is 2.54. The Morgan fingerprint density at radius 1 is 0.347 bits per heavy atom. The molecule has 4 nitrogen and oxygen atoms in total. The number of nitrogens with zero attached hydrogens (tertiary/aromatic N) is 2. The van der Waals surface area contributed by atoms with Crippen molar-refractivity contribution in [3.8, 4) is 45.3 Å². The minimum atomic E-state index is -0.162. The molecule has 0 unspecified atom stereocenters. The number of benzene rings is 9. The van der Waals surface area contributed by atoms with Crippen LogP contribution in [0.3, 0.4) is 0 Å². The van der Waals surface area contributed by atoms with Crippen LogP contribution in [0.4, 0.5) is 34.1 Å². The first-order valence-corrected chi connectivity index (χ1v) is 25.6. The molecule has 0 spiro atoms. The van der Waals surface area contributed by atoms with Crippen molar-refractivity contribution in [2.45, 2.75) is 80.1 Å².